The largest absolute Gasteiger partial charge is 0.397 e. The van der Waals surface area contributed by atoms with Gasteiger partial charge in [0.1, 0.15) is 0 Å². The van der Waals surface area contributed by atoms with Crippen molar-refractivity contribution in [3.63, 3.8) is 0 Å². The Morgan fingerprint density at radius 1 is 0.768 bits per heavy atom. The summed E-state index contributed by atoms with van der Waals surface area (Å²) in [7, 11) is 2.14. The number of carbonyl (C=O) groups excluding carboxylic acids is 2. The summed E-state index contributed by atoms with van der Waals surface area (Å²) in [5.41, 5.74) is 14.3. The zero-order valence-corrected chi connectivity index (χ0v) is 32.4. The summed E-state index contributed by atoms with van der Waals surface area (Å²) in [6, 6.07) is 42.4. The Hall–Kier alpha value is -5.32. The number of anilines is 2. The lowest BCUT2D eigenvalue weighted by molar-refractivity contribution is -0.253. The molecule has 1 aliphatic rings. The van der Waals surface area contributed by atoms with Gasteiger partial charge < -0.3 is 30.9 Å². The Kier molecular flexibility index (Phi) is 14.4. The first-order valence-electron chi connectivity index (χ1n) is 19.6. The molecule has 0 bridgehead atoms. The van der Waals surface area contributed by atoms with E-state index < -0.39 is 6.29 Å². The first-order valence-corrected chi connectivity index (χ1v) is 19.6. The lowest BCUT2D eigenvalue weighted by Crippen LogP contribution is -2.38. The summed E-state index contributed by atoms with van der Waals surface area (Å²) in [6.07, 6.45) is 2.86. The Morgan fingerprint density at radius 3 is 2.21 bits per heavy atom. The van der Waals surface area contributed by atoms with E-state index in [1.165, 1.54) is 5.56 Å². The van der Waals surface area contributed by atoms with Crippen LogP contribution in [0.2, 0.25) is 0 Å². The molecule has 56 heavy (non-hydrogen) atoms. The number of unbranched alkanes of at least 4 members (excludes halogenated alkanes) is 2. The van der Waals surface area contributed by atoms with E-state index in [0.717, 1.165) is 46.3 Å². The molecule has 5 aromatic rings. The molecule has 0 aliphatic carbocycles. The van der Waals surface area contributed by atoms with Gasteiger partial charge in [0.15, 0.2) is 6.29 Å². The number of rotatable bonds is 17. The number of amides is 2. The van der Waals surface area contributed by atoms with Crippen molar-refractivity contribution in [3.8, 4) is 11.1 Å². The van der Waals surface area contributed by atoms with Crippen LogP contribution < -0.4 is 16.4 Å². The fourth-order valence-electron chi connectivity index (χ4n) is 7.08. The summed E-state index contributed by atoms with van der Waals surface area (Å²) in [5, 5.41) is 15.5. The maximum Gasteiger partial charge on any atom is 0.224 e. The SMILES string of the molecule is C[C@@H](c1ccccc1)N(C)C[C@H]1C[C@@H](c2ccc(CO)cc2)O[C@@H](c2cccc(-c3cccc(CNC(=O)CCCCCC(=O)Nc4ccccc4N)c3)c2)O1. The number of nitrogens with one attached hydrogen (secondary N) is 2. The Morgan fingerprint density at radius 2 is 1.46 bits per heavy atom. The van der Waals surface area contributed by atoms with Crippen molar-refractivity contribution in [2.45, 2.75) is 83.1 Å². The van der Waals surface area contributed by atoms with Gasteiger partial charge in [-0.1, -0.05) is 110 Å². The van der Waals surface area contributed by atoms with Crippen LogP contribution in [0.4, 0.5) is 11.4 Å². The van der Waals surface area contributed by atoms with Gasteiger partial charge in [-0.15, -0.1) is 0 Å². The number of hydrogen-bond acceptors (Lipinski definition) is 7. The second-order valence-corrected chi connectivity index (χ2v) is 14.7. The minimum atomic E-state index is -0.573. The molecule has 2 amide bonds. The van der Waals surface area contributed by atoms with Gasteiger partial charge in [0.25, 0.3) is 0 Å². The normalized spacial score (nSPS) is 17.3. The Balaban J connectivity index is 1.05. The number of nitrogens with zero attached hydrogens (tertiary/aromatic N) is 1. The zero-order valence-electron chi connectivity index (χ0n) is 32.4. The van der Waals surface area contributed by atoms with Crippen LogP contribution in [0.15, 0.2) is 127 Å². The van der Waals surface area contributed by atoms with Crippen molar-refractivity contribution in [1.29, 1.82) is 0 Å². The minimum Gasteiger partial charge on any atom is -0.397 e. The van der Waals surface area contributed by atoms with Gasteiger partial charge >= 0.3 is 0 Å². The molecule has 292 valence electrons. The third-order valence-electron chi connectivity index (χ3n) is 10.5. The number of benzene rings is 5. The van der Waals surface area contributed by atoms with Gasteiger partial charge in [-0.05, 0) is 84.5 Å². The van der Waals surface area contributed by atoms with Gasteiger partial charge in [0.05, 0.1) is 30.2 Å². The average Bonchev–Trinajstić information content (AvgIpc) is 3.23. The lowest BCUT2D eigenvalue weighted by Gasteiger charge is -2.39. The topological polar surface area (TPSA) is 126 Å². The highest BCUT2D eigenvalue weighted by atomic mass is 16.7. The van der Waals surface area contributed by atoms with Crippen LogP contribution in [0, 0.1) is 0 Å². The summed E-state index contributed by atoms with van der Waals surface area (Å²) < 4.78 is 13.4. The highest BCUT2D eigenvalue weighted by molar-refractivity contribution is 5.93. The quantitative estimate of drug-likeness (QED) is 0.0552. The van der Waals surface area contributed by atoms with E-state index in [-0.39, 0.29) is 36.7 Å². The molecule has 1 fully saturated rings. The van der Waals surface area contributed by atoms with E-state index in [2.05, 4.69) is 84.1 Å². The van der Waals surface area contributed by atoms with Crippen molar-refractivity contribution in [2.75, 3.05) is 24.6 Å². The predicted molar refractivity (Wildman–Crippen MR) is 222 cm³/mol. The summed E-state index contributed by atoms with van der Waals surface area (Å²) >= 11 is 0. The molecule has 0 spiro atoms. The van der Waals surface area contributed by atoms with Crippen LogP contribution in [-0.2, 0) is 32.2 Å². The van der Waals surface area contributed by atoms with E-state index in [1.54, 1.807) is 12.1 Å². The van der Waals surface area contributed by atoms with Crippen molar-refractivity contribution in [3.05, 3.63) is 155 Å². The Bertz CT molecular complexity index is 2020. The van der Waals surface area contributed by atoms with Crippen molar-refractivity contribution in [1.82, 2.24) is 10.2 Å². The third kappa shape index (κ3) is 11.4. The van der Waals surface area contributed by atoms with Crippen LogP contribution in [0.5, 0.6) is 0 Å². The highest BCUT2D eigenvalue weighted by Gasteiger charge is 2.33. The molecule has 9 heteroatoms. The van der Waals surface area contributed by atoms with Gasteiger partial charge in [-0.25, -0.2) is 0 Å². The number of nitrogen functional groups attached to an aromatic ring is 1. The van der Waals surface area contributed by atoms with E-state index >= 15 is 0 Å². The number of aliphatic hydroxyl groups excluding tert-OH is 1. The molecular weight excluding hydrogens is 701 g/mol. The second-order valence-electron chi connectivity index (χ2n) is 14.7. The number of carbonyl (C=O) groups is 2. The number of nitrogens with two attached hydrogens (primary N) is 1. The van der Waals surface area contributed by atoms with Crippen LogP contribution in [-0.4, -0.2) is 41.5 Å². The number of hydrogen-bond donors (Lipinski definition) is 4. The molecule has 0 saturated carbocycles. The van der Waals surface area contributed by atoms with Gasteiger partial charge in [-0.3, -0.25) is 14.5 Å². The maximum atomic E-state index is 12.7. The molecule has 5 N–H and O–H groups in total. The summed E-state index contributed by atoms with van der Waals surface area (Å²) in [4.78, 5) is 27.3. The zero-order chi connectivity index (χ0) is 39.3. The van der Waals surface area contributed by atoms with Gasteiger partial charge in [-0.2, -0.15) is 0 Å². The van der Waals surface area contributed by atoms with E-state index in [4.69, 9.17) is 15.2 Å². The molecule has 0 unspecified atom stereocenters. The second kappa shape index (κ2) is 20.0. The van der Waals surface area contributed by atoms with Crippen LogP contribution >= 0.6 is 0 Å². The van der Waals surface area contributed by atoms with Crippen LogP contribution in [0.1, 0.15) is 91.7 Å². The molecule has 1 heterocycles. The molecule has 5 aromatic carbocycles. The summed E-state index contributed by atoms with van der Waals surface area (Å²) in [5.74, 6) is -0.0865. The summed E-state index contributed by atoms with van der Waals surface area (Å²) in [6.45, 7) is 3.38. The molecular formula is C47H54N4O5. The molecule has 0 radical (unpaired) electrons. The van der Waals surface area contributed by atoms with E-state index in [0.29, 0.717) is 50.0 Å². The smallest absolute Gasteiger partial charge is 0.224 e. The van der Waals surface area contributed by atoms with Crippen molar-refractivity contribution < 1.29 is 24.2 Å². The molecule has 1 saturated heterocycles. The fourth-order valence-corrected chi connectivity index (χ4v) is 7.08. The molecule has 9 nitrogen and oxygen atoms in total. The van der Waals surface area contributed by atoms with Crippen molar-refractivity contribution in [2.24, 2.45) is 0 Å². The standard InChI is InChI=1S/C47H54N4O5/c1-33(36-14-5-3-6-15-36)51(2)31-41-29-44(37-25-23-34(32-52)24-26-37)56-47(55-41)40-18-12-17-39(28-40)38-16-11-13-35(27-38)30-49-45(53)21-7-4-8-22-46(54)50-43-20-10-9-19-42(43)48/h3,5-6,9-20,23-28,33,41,44,47,52H,4,7-8,21-22,29-32,48H2,1-2H3,(H,49,53)(H,50,54)/t33-,41+,44-,47-/m0/s1. The van der Waals surface area contributed by atoms with Crippen LogP contribution in [0.3, 0.4) is 0 Å². The number of likely N-dealkylation sites (N-methyl/N-ethyl adjacent to an activating group) is 1. The maximum absolute atomic E-state index is 12.7. The first-order chi connectivity index (χ1) is 27.2. The molecule has 1 aliphatic heterocycles. The van der Waals surface area contributed by atoms with Crippen molar-refractivity contribution >= 4 is 23.2 Å². The number of aliphatic hydroxyl groups is 1. The molecule has 6 rings (SSSR count). The number of ether oxygens (including phenoxy) is 2. The fraction of sp³-hybridized carbons (Fsp3) is 0.319. The average molecular weight is 755 g/mol. The van der Waals surface area contributed by atoms with E-state index in [1.807, 2.05) is 60.7 Å². The van der Waals surface area contributed by atoms with Crippen LogP contribution in [0.25, 0.3) is 11.1 Å². The van der Waals surface area contributed by atoms with Gasteiger partial charge in [0.2, 0.25) is 11.8 Å². The minimum absolute atomic E-state index is 0.00173. The number of para-hydroxylation sites is 2. The van der Waals surface area contributed by atoms with E-state index in [9.17, 15) is 14.7 Å². The monoisotopic (exact) mass is 754 g/mol. The highest BCUT2D eigenvalue weighted by Crippen LogP contribution is 2.39. The third-order valence-corrected chi connectivity index (χ3v) is 10.5. The Labute approximate surface area is 330 Å². The lowest BCUT2D eigenvalue weighted by atomic mass is 9.98. The molecule has 0 aromatic heterocycles. The first kappa shape index (κ1) is 40.3. The molecule has 4 atom stereocenters. The van der Waals surface area contributed by atoms with Gasteiger partial charge in [0, 0.05) is 44.0 Å². The predicted octanol–water partition coefficient (Wildman–Crippen LogP) is 8.87.